The standard InChI is InChI=1S/C37H37F3N6O6/c1-36(2,3)52-34(49)44-31(41)26-14-12-23(13-15-26)19-43-32(47)28-16-17-30-42-20-29(33(48)46(28)30)45(35(50)51-22-24-8-5-4-6-9-24)21-25-10-7-11-27(18-25)37(38,39)40/h4-15,18,20,28H,16-17,19,21-22H2,1-3H3,(H,43,47)(H2,41,44,49). The van der Waals surface area contributed by atoms with Crippen molar-refractivity contribution in [3.05, 3.63) is 129 Å². The quantitative estimate of drug-likeness (QED) is 0.156. The summed E-state index contributed by atoms with van der Waals surface area (Å²) in [6, 6.07) is 18.8. The Labute approximate surface area is 297 Å². The molecule has 0 aliphatic carbocycles. The van der Waals surface area contributed by atoms with E-state index >= 15 is 0 Å². The lowest BCUT2D eigenvalue weighted by atomic mass is 10.1. The number of ether oxygens (including phenoxy) is 2. The van der Waals surface area contributed by atoms with Crippen LogP contribution in [0, 0.1) is 0 Å². The number of hydrogen-bond donors (Lipinski definition) is 2. The largest absolute Gasteiger partial charge is 0.444 e. The van der Waals surface area contributed by atoms with Gasteiger partial charge >= 0.3 is 18.4 Å². The predicted molar refractivity (Wildman–Crippen MR) is 185 cm³/mol. The van der Waals surface area contributed by atoms with Crippen LogP contribution in [-0.2, 0) is 46.6 Å². The fraction of sp³-hybridized carbons (Fsp3) is 0.297. The number of aliphatic imine (C=N–C) groups is 1. The lowest BCUT2D eigenvalue weighted by Gasteiger charge is -2.23. The third-order valence-corrected chi connectivity index (χ3v) is 7.94. The summed E-state index contributed by atoms with van der Waals surface area (Å²) in [6.07, 6.45) is -4.72. The highest BCUT2D eigenvalue weighted by Gasteiger charge is 2.34. The molecule has 0 bridgehead atoms. The number of aryl methyl sites for hydroxylation is 1. The minimum absolute atomic E-state index is 0.0406. The molecule has 4 aromatic rings. The lowest BCUT2D eigenvalue weighted by molar-refractivity contribution is -0.137. The van der Waals surface area contributed by atoms with E-state index in [9.17, 15) is 32.3 Å². The Morgan fingerprint density at radius 3 is 2.35 bits per heavy atom. The van der Waals surface area contributed by atoms with Gasteiger partial charge in [-0.25, -0.2) is 14.6 Å². The number of carbonyl (C=O) groups excluding carboxylic acids is 3. The SMILES string of the molecule is CC(C)(C)OC(=O)/N=C(\N)c1ccc(CNC(=O)C2CCc3ncc(N(Cc4cccc(C(F)(F)F)c4)C(=O)OCc4ccccc4)c(=O)n32)cc1. The highest BCUT2D eigenvalue weighted by Crippen LogP contribution is 2.30. The number of rotatable bonds is 9. The van der Waals surface area contributed by atoms with Gasteiger partial charge < -0.3 is 20.5 Å². The molecule has 3 amide bonds. The number of carbonyl (C=O) groups is 3. The van der Waals surface area contributed by atoms with Crippen LogP contribution in [0.25, 0.3) is 0 Å². The molecule has 3 N–H and O–H groups in total. The van der Waals surface area contributed by atoms with Gasteiger partial charge in [0.2, 0.25) is 5.91 Å². The van der Waals surface area contributed by atoms with E-state index in [2.05, 4.69) is 15.3 Å². The second-order valence-electron chi connectivity index (χ2n) is 13.0. The van der Waals surface area contributed by atoms with E-state index in [4.69, 9.17) is 15.2 Å². The molecule has 0 radical (unpaired) electrons. The van der Waals surface area contributed by atoms with Gasteiger partial charge in [-0.05, 0) is 56.0 Å². The number of aromatic nitrogens is 2. The number of nitrogens with zero attached hydrogens (tertiary/aromatic N) is 4. The Morgan fingerprint density at radius 2 is 1.67 bits per heavy atom. The Kier molecular flexibility index (Phi) is 11.1. The van der Waals surface area contributed by atoms with Gasteiger partial charge in [0.05, 0.1) is 18.3 Å². The first-order valence-corrected chi connectivity index (χ1v) is 16.3. The molecule has 1 aromatic heterocycles. The molecular formula is C37H37F3N6O6. The maximum absolute atomic E-state index is 14.0. The topological polar surface area (TPSA) is 158 Å². The molecular weight excluding hydrogens is 681 g/mol. The average Bonchev–Trinajstić information content (AvgIpc) is 3.54. The van der Waals surface area contributed by atoms with Crippen LogP contribution in [0.5, 0.6) is 0 Å². The van der Waals surface area contributed by atoms with Crippen molar-refractivity contribution in [3.8, 4) is 0 Å². The first-order valence-electron chi connectivity index (χ1n) is 16.3. The Bertz CT molecular complexity index is 2020. The fourth-order valence-corrected chi connectivity index (χ4v) is 5.45. The molecule has 52 heavy (non-hydrogen) atoms. The Balaban J connectivity index is 1.34. The number of hydrogen-bond acceptors (Lipinski definition) is 7. The first-order chi connectivity index (χ1) is 24.6. The summed E-state index contributed by atoms with van der Waals surface area (Å²) in [6.45, 7) is 4.61. The summed E-state index contributed by atoms with van der Waals surface area (Å²) < 4.78 is 52.4. The molecule has 1 aliphatic rings. The van der Waals surface area contributed by atoms with Crippen molar-refractivity contribution in [2.24, 2.45) is 10.7 Å². The third-order valence-electron chi connectivity index (χ3n) is 7.94. The van der Waals surface area contributed by atoms with Crippen LogP contribution in [0.3, 0.4) is 0 Å². The van der Waals surface area contributed by atoms with E-state index in [0.29, 0.717) is 28.9 Å². The zero-order valence-electron chi connectivity index (χ0n) is 28.6. The van der Waals surface area contributed by atoms with E-state index in [1.165, 1.54) is 22.9 Å². The van der Waals surface area contributed by atoms with Crippen molar-refractivity contribution >= 4 is 29.6 Å². The number of amides is 3. The van der Waals surface area contributed by atoms with Crippen molar-refractivity contribution in [2.75, 3.05) is 4.90 Å². The minimum Gasteiger partial charge on any atom is -0.444 e. The fourth-order valence-electron chi connectivity index (χ4n) is 5.45. The molecule has 1 aliphatic heterocycles. The smallest absolute Gasteiger partial charge is 0.436 e. The van der Waals surface area contributed by atoms with Crippen LogP contribution in [0.4, 0.5) is 28.4 Å². The maximum Gasteiger partial charge on any atom is 0.436 e. The second-order valence-corrected chi connectivity index (χ2v) is 13.0. The number of amidine groups is 1. The molecule has 272 valence electrons. The minimum atomic E-state index is -4.63. The first kappa shape index (κ1) is 37.3. The number of nitrogens with two attached hydrogens (primary N) is 1. The normalized spacial score (nSPS) is 14.3. The van der Waals surface area contributed by atoms with Gasteiger partial charge in [-0.15, -0.1) is 0 Å². The molecule has 15 heteroatoms. The predicted octanol–water partition coefficient (Wildman–Crippen LogP) is 6.05. The monoisotopic (exact) mass is 718 g/mol. The molecule has 0 fully saturated rings. The third kappa shape index (κ3) is 9.41. The van der Waals surface area contributed by atoms with E-state index in [-0.39, 0.29) is 36.7 Å². The molecule has 3 aromatic carbocycles. The molecule has 1 atom stereocenters. The average molecular weight is 719 g/mol. The highest BCUT2D eigenvalue weighted by atomic mass is 19.4. The van der Waals surface area contributed by atoms with Gasteiger partial charge in [0.25, 0.3) is 5.56 Å². The van der Waals surface area contributed by atoms with Crippen molar-refractivity contribution in [3.63, 3.8) is 0 Å². The van der Waals surface area contributed by atoms with E-state index < -0.39 is 53.6 Å². The number of anilines is 1. The van der Waals surface area contributed by atoms with E-state index in [0.717, 1.165) is 17.0 Å². The molecule has 0 spiro atoms. The Hall–Kier alpha value is -5.99. The second kappa shape index (κ2) is 15.5. The van der Waals surface area contributed by atoms with Crippen LogP contribution >= 0.6 is 0 Å². The molecule has 12 nitrogen and oxygen atoms in total. The lowest BCUT2D eigenvalue weighted by Crippen LogP contribution is -2.40. The zero-order valence-corrected chi connectivity index (χ0v) is 28.6. The summed E-state index contributed by atoms with van der Waals surface area (Å²) in [4.78, 5) is 62.0. The molecule has 2 heterocycles. The van der Waals surface area contributed by atoms with Crippen molar-refractivity contribution < 1.29 is 37.0 Å². The summed E-state index contributed by atoms with van der Waals surface area (Å²) in [5.41, 5.74) is 5.21. The molecule has 5 rings (SSSR count). The van der Waals surface area contributed by atoms with Crippen molar-refractivity contribution in [1.29, 1.82) is 0 Å². The molecule has 0 saturated heterocycles. The zero-order chi connectivity index (χ0) is 37.6. The number of nitrogens with one attached hydrogen (secondary N) is 1. The maximum atomic E-state index is 14.0. The van der Waals surface area contributed by atoms with Gasteiger partial charge in [-0.2, -0.15) is 18.2 Å². The summed E-state index contributed by atoms with van der Waals surface area (Å²) in [5, 5.41) is 2.81. The number of fused-ring (bicyclic) bond motifs is 1. The summed E-state index contributed by atoms with van der Waals surface area (Å²) >= 11 is 0. The molecule has 1 unspecified atom stereocenters. The van der Waals surface area contributed by atoms with Gasteiger partial charge in [-0.3, -0.25) is 19.1 Å². The van der Waals surface area contributed by atoms with Gasteiger partial charge in [0, 0.05) is 18.5 Å². The number of benzene rings is 3. The van der Waals surface area contributed by atoms with Gasteiger partial charge in [0.1, 0.15) is 35.6 Å². The van der Waals surface area contributed by atoms with Crippen LogP contribution in [0.1, 0.15) is 66.9 Å². The van der Waals surface area contributed by atoms with Crippen molar-refractivity contribution in [2.45, 2.75) is 71.1 Å². The van der Waals surface area contributed by atoms with E-state index in [1.54, 1.807) is 75.4 Å². The van der Waals surface area contributed by atoms with Crippen LogP contribution < -0.4 is 21.5 Å². The molecule has 0 saturated carbocycles. The van der Waals surface area contributed by atoms with Crippen LogP contribution in [0.2, 0.25) is 0 Å². The summed E-state index contributed by atoms with van der Waals surface area (Å²) in [7, 11) is 0. The van der Waals surface area contributed by atoms with Crippen molar-refractivity contribution in [1.82, 2.24) is 14.9 Å². The van der Waals surface area contributed by atoms with Gasteiger partial charge in [-0.1, -0.05) is 66.7 Å². The summed E-state index contributed by atoms with van der Waals surface area (Å²) in [5.74, 6) is -0.207. The van der Waals surface area contributed by atoms with E-state index in [1.807, 2.05) is 0 Å². The highest BCUT2D eigenvalue weighted by molar-refractivity contribution is 6.02. The van der Waals surface area contributed by atoms with Gasteiger partial charge in [0.15, 0.2) is 0 Å². The number of halogens is 3. The van der Waals surface area contributed by atoms with Crippen LogP contribution in [0.15, 0.2) is 94.8 Å². The number of alkyl halides is 3. The Morgan fingerprint density at radius 1 is 0.981 bits per heavy atom. The van der Waals surface area contributed by atoms with Crippen LogP contribution in [-0.4, -0.2) is 39.1 Å².